The highest BCUT2D eigenvalue weighted by Crippen LogP contribution is 2.32. The standard InChI is InChI=1S/C16H27NO3/c18-15(8-4-5-9-16(19)20)17(14-10-11-14)12-13-6-2-1-3-7-13/h13-14H,1-12H2,(H,19,20). The normalized spacial score (nSPS) is 19.8. The molecule has 0 aromatic carbocycles. The number of hydrogen-bond acceptors (Lipinski definition) is 2. The zero-order valence-electron chi connectivity index (χ0n) is 12.4. The van der Waals surface area contributed by atoms with Gasteiger partial charge in [0.25, 0.3) is 0 Å². The largest absolute Gasteiger partial charge is 0.481 e. The van der Waals surface area contributed by atoms with E-state index in [9.17, 15) is 9.59 Å². The van der Waals surface area contributed by atoms with Crippen molar-refractivity contribution in [2.24, 2.45) is 5.92 Å². The molecule has 2 aliphatic rings. The molecule has 0 atom stereocenters. The lowest BCUT2D eigenvalue weighted by Gasteiger charge is -2.30. The van der Waals surface area contributed by atoms with Crippen LogP contribution in [0.15, 0.2) is 0 Å². The first-order valence-electron chi connectivity index (χ1n) is 8.18. The van der Waals surface area contributed by atoms with Crippen LogP contribution in [0.25, 0.3) is 0 Å². The summed E-state index contributed by atoms with van der Waals surface area (Å²) in [6, 6.07) is 0.490. The number of carbonyl (C=O) groups is 2. The van der Waals surface area contributed by atoms with Crippen LogP contribution in [0.4, 0.5) is 0 Å². The Labute approximate surface area is 121 Å². The minimum absolute atomic E-state index is 0.180. The van der Waals surface area contributed by atoms with Crippen molar-refractivity contribution in [2.75, 3.05) is 6.54 Å². The molecule has 0 saturated heterocycles. The van der Waals surface area contributed by atoms with Gasteiger partial charge in [-0.2, -0.15) is 0 Å². The second-order valence-electron chi connectivity index (χ2n) is 6.38. The van der Waals surface area contributed by atoms with E-state index >= 15 is 0 Å². The van der Waals surface area contributed by atoms with Gasteiger partial charge in [0.15, 0.2) is 0 Å². The average Bonchev–Trinajstić information content (AvgIpc) is 3.26. The number of carbonyl (C=O) groups excluding carboxylic acids is 1. The van der Waals surface area contributed by atoms with Gasteiger partial charge in [-0.1, -0.05) is 19.3 Å². The number of aliphatic carboxylic acids is 1. The SMILES string of the molecule is O=C(O)CCCCC(=O)N(CC1CCCCC1)C1CC1. The monoisotopic (exact) mass is 281 g/mol. The van der Waals surface area contributed by atoms with Crippen molar-refractivity contribution in [3.05, 3.63) is 0 Å². The van der Waals surface area contributed by atoms with Gasteiger partial charge in [-0.15, -0.1) is 0 Å². The van der Waals surface area contributed by atoms with Crippen molar-refractivity contribution >= 4 is 11.9 Å². The molecule has 4 nitrogen and oxygen atoms in total. The minimum atomic E-state index is -0.765. The van der Waals surface area contributed by atoms with Crippen LogP contribution in [0, 0.1) is 5.92 Å². The summed E-state index contributed by atoms with van der Waals surface area (Å²) >= 11 is 0. The fourth-order valence-electron chi connectivity index (χ4n) is 3.18. The molecule has 0 aromatic heterocycles. The maximum Gasteiger partial charge on any atom is 0.303 e. The summed E-state index contributed by atoms with van der Waals surface area (Å²) in [6.07, 6.45) is 10.9. The first-order chi connectivity index (χ1) is 9.66. The number of rotatable bonds is 8. The maximum atomic E-state index is 12.3. The molecule has 0 aliphatic heterocycles. The van der Waals surface area contributed by atoms with Crippen LogP contribution < -0.4 is 0 Å². The Kier molecular flexibility index (Phi) is 5.86. The molecule has 0 bridgehead atoms. The molecule has 4 heteroatoms. The van der Waals surface area contributed by atoms with Crippen molar-refractivity contribution < 1.29 is 14.7 Å². The Morgan fingerprint density at radius 3 is 2.20 bits per heavy atom. The highest BCUT2D eigenvalue weighted by atomic mass is 16.4. The van der Waals surface area contributed by atoms with Crippen molar-refractivity contribution in [1.29, 1.82) is 0 Å². The van der Waals surface area contributed by atoms with Crippen LogP contribution in [0.1, 0.15) is 70.6 Å². The minimum Gasteiger partial charge on any atom is -0.481 e. The molecule has 0 unspecified atom stereocenters. The summed E-state index contributed by atoms with van der Waals surface area (Å²) in [5, 5.41) is 8.61. The number of carboxylic acids is 1. The van der Waals surface area contributed by atoms with E-state index in [0.29, 0.717) is 31.2 Å². The molecular formula is C16H27NO3. The highest BCUT2D eigenvalue weighted by Gasteiger charge is 2.33. The Hall–Kier alpha value is -1.06. The quantitative estimate of drug-likeness (QED) is 0.695. The molecule has 0 spiro atoms. The van der Waals surface area contributed by atoms with Gasteiger partial charge < -0.3 is 10.0 Å². The average molecular weight is 281 g/mol. The van der Waals surface area contributed by atoms with Gasteiger partial charge in [0.1, 0.15) is 0 Å². The number of hydrogen-bond donors (Lipinski definition) is 1. The molecular weight excluding hydrogens is 254 g/mol. The number of unbranched alkanes of at least 4 members (excludes halogenated alkanes) is 1. The molecule has 0 heterocycles. The summed E-state index contributed by atoms with van der Waals surface area (Å²) in [6.45, 7) is 0.947. The molecule has 1 amide bonds. The lowest BCUT2D eigenvalue weighted by molar-refractivity contribution is -0.137. The zero-order chi connectivity index (χ0) is 14.4. The first kappa shape index (κ1) is 15.3. The second kappa shape index (κ2) is 7.65. The van der Waals surface area contributed by atoms with Crippen molar-refractivity contribution in [2.45, 2.75) is 76.7 Å². The fraction of sp³-hybridized carbons (Fsp3) is 0.875. The summed E-state index contributed by atoms with van der Waals surface area (Å²) in [5.41, 5.74) is 0. The lowest BCUT2D eigenvalue weighted by atomic mass is 9.89. The van der Waals surface area contributed by atoms with Crippen molar-refractivity contribution in [3.63, 3.8) is 0 Å². The summed E-state index contributed by atoms with van der Waals surface area (Å²) in [5.74, 6) is 0.189. The summed E-state index contributed by atoms with van der Waals surface area (Å²) < 4.78 is 0. The van der Waals surface area contributed by atoms with Crippen molar-refractivity contribution in [3.8, 4) is 0 Å². The van der Waals surface area contributed by atoms with Crippen molar-refractivity contribution in [1.82, 2.24) is 4.90 Å². The van der Waals surface area contributed by atoms with Gasteiger partial charge in [0, 0.05) is 25.4 Å². The van der Waals surface area contributed by atoms with E-state index in [-0.39, 0.29) is 12.3 Å². The van der Waals surface area contributed by atoms with E-state index < -0.39 is 5.97 Å². The topological polar surface area (TPSA) is 57.6 Å². The number of carboxylic acid groups (broad SMARTS) is 1. The maximum absolute atomic E-state index is 12.3. The van der Waals surface area contributed by atoms with Gasteiger partial charge in [-0.3, -0.25) is 9.59 Å². The van der Waals surface area contributed by atoms with E-state index in [4.69, 9.17) is 5.11 Å². The van der Waals surface area contributed by atoms with E-state index in [0.717, 1.165) is 19.4 Å². The smallest absolute Gasteiger partial charge is 0.303 e. The van der Waals surface area contributed by atoms with Gasteiger partial charge >= 0.3 is 5.97 Å². The second-order valence-corrected chi connectivity index (χ2v) is 6.38. The predicted molar refractivity (Wildman–Crippen MR) is 77.4 cm³/mol. The third kappa shape index (κ3) is 5.14. The predicted octanol–water partition coefficient (Wildman–Crippen LogP) is 3.20. The first-order valence-corrected chi connectivity index (χ1v) is 8.18. The molecule has 0 radical (unpaired) electrons. The lowest BCUT2D eigenvalue weighted by Crippen LogP contribution is -2.37. The third-order valence-electron chi connectivity index (χ3n) is 4.52. The van der Waals surface area contributed by atoms with Crippen LogP contribution >= 0.6 is 0 Å². The Balaban J connectivity index is 1.72. The van der Waals surface area contributed by atoms with Crippen LogP contribution in [-0.4, -0.2) is 34.5 Å². The molecule has 114 valence electrons. The molecule has 2 rings (SSSR count). The number of amides is 1. The van der Waals surface area contributed by atoms with Gasteiger partial charge in [0.05, 0.1) is 0 Å². The van der Waals surface area contributed by atoms with Crippen LogP contribution in [0.3, 0.4) is 0 Å². The van der Waals surface area contributed by atoms with E-state index in [1.807, 2.05) is 0 Å². The van der Waals surface area contributed by atoms with E-state index in [1.165, 1.54) is 32.1 Å². The van der Waals surface area contributed by atoms with Gasteiger partial charge in [0.2, 0.25) is 5.91 Å². The molecule has 1 N–H and O–H groups in total. The molecule has 2 saturated carbocycles. The van der Waals surface area contributed by atoms with E-state index in [1.54, 1.807) is 0 Å². The van der Waals surface area contributed by atoms with Crippen LogP contribution in [0.2, 0.25) is 0 Å². The van der Waals surface area contributed by atoms with Crippen LogP contribution in [-0.2, 0) is 9.59 Å². The molecule has 0 aromatic rings. The zero-order valence-corrected chi connectivity index (χ0v) is 12.4. The Morgan fingerprint density at radius 1 is 0.950 bits per heavy atom. The Bertz CT molecular complexity index is 333. The van der Waals surface area contributed by atoms with E-state index in [2.05, 4.69) is 4.90 Å². The molecule has 2 fully saturated rings. The van der Waals surface area contributed by atoms with Gasteiger partial charge in [-0.25, -0.2) is 0 Å². The van der Waals surface area contributed by atoms with Gasteiger partial charge in [-0.05, 0) is 44.4 Å². The fourth-order valence-corrected chi connectivity index (χ4v) is 3.18. The highest BCUT2D eigenvalue weighted by molar-refractivity contribution is 5.77. The summed E-state index contributed by atoms with van der Waals surface area (Å²) in [4.78, 5) is 24.9. The molecule has 20 heavy (non-hydrogen) atoms. The third-order valence-corrected chi connectivity index (χ3v) is 4.52. The van der Waals surface area contributed by atoms with Crippen LogP contribution in [0.5, 0.6) is 0 Å². The Morgan fingerprint density at radius 2 is 1.60 bits per heavy atom. The summed E-state index contributed by atoms with van der Waals surface area (Å²) in [7, 11) is 0. The number of nitrogens with zero attached hydrogens (tertiary/aromatic N) is 1. The molecule has 2 aliphatic carbocycles.